The second-order valence-corrected chi connectivity index (χ2v) is 5.06. The summed E-state index contributed by atoms with van der Waals surface area (Å²) in [6, 6.07) is 3.21. The molecule has 1 aliphatic rings. The van der Waals surface area contributed by atoms with E-state index in [1.165, 1.54) is 6.07 Å². The van der Waals surface area contributed by atoms with Crippen molar-refractivity contribution in [1.82, 2.24) is 10.3 Å². The summed E-state index contributed by atoms with van der Waals surface area (Å²) in [5.41, 5.74) is 1.81. The smallest absolute Gasteiger partial charge is 0.252 e. The average Bonchev–Trinajstić information content (AvgIpc) is 2.31. The van der Waals surface area contributed by atoms with Crippen LogP contribution in [0, 0.1) is 5.82 Å². The van der Waals surface area contributed by atoms with Crippen LogP contribution >= 0.6 is 15.9 Å². The first-order valence-corrected chi connectivity index (χ1v) is 6.19. The van der Waals surface area contributed by atoms with Gasteiger partial charge in [0.25, 0.3) is 5.56 Å². The van der Waals surface area contributed by atoms with Gasteiger partial charge in [0.2, 0.25) is 0 Å². The van der Waals surface area contributed by atoms with Crippen LogP contribution in [0.2, 0.25) is 0 Å². The summed E-state index contributed by atoms with van der Waals surface area (Å²) in [5, 5.41) is 3.99. The Morgan fingerprint density at radius 1 is 1.29 bits per heavy atom. The van der Waals surface area contributed by atoms with Gasteiger partial charge in [-0.15, -0.1) is 0 Å². The summed E-state index contributed by atoms with van der Waals surface area (Å²) in [6.07, 6.45) is 0.689. The number of rotatable bonds is 0. The van der Waals surface area contributed by atoms with Crippen molar-refractivity contribution < 1.29 is 4.39 Å². The summed E-state index contributed by atoms with van der Waals surface area (Å²) < 4.78 is 14.5. The number of aromatic nitrogens is 1. The average molecular weight is 297 g/mol. The molecular weight excluding hydrogens is 287 g/mol. The molecule has 0 saturated carbocycles. The van der Waals surface area contributed by atoms with Crippen molar-refractivity contribution in [2.24, 2.45) is 0 Å². The predicted octanol–water partition coefficient (Wildman–Crippen LogP) is 2.08. The number of aromatic amines is 1. The maximum atomic E-state index is 13.8. The molecule has 88 valence electrons. The summed E-state index contributed by atoms with van der Waals surface area (Å²) in [5.74, 6) is -0.403. The minimum absolute atomic E-state index is 0.171. The SMILES string of the molecule is O=c1[nH]c2c(F)cc(Br)cc2c2c1CCNC2. The molecule has 0 spiro atoms. The van der Waals surface area contributed by atoms with Crippen LogP contribution in [-0.2, 0) is 13.0 Å². The van der Waals surface area contributed by atoms with Crippen molar-refractivity contribution in [2.75, 3.05) is 6.54 Å². The van der Waals surface area contributed by atoms with Crippen molar-refractivity contribution in [3.8, 4) is 0 Å². The van der Waals surface area contributed by atoms with Gasteiger partial charge in [-0.1, -0.05) is 15.9 Å². The summed E-state index contributed by atoms with van der Waals surface area (Å²) in [4.78, 5) is 14.5. The van der Waals surface area contributed by atoms with E-state index in [9.17, 15) is 9.18 Å². The number of hydrogen-bond acceptors (Lipinski definition) is 2. The molecule has 0 bridgehead atoms. The number of H-pyrrole nitrogens is 1. The molecule has 2 heterocycles. The van der Waals surface area contributed by atoms with Crippen molar-refractivity contribution >= 4 is 26.8 Å². The monoisotopic (exact) mass is 296 g/mol. The molecular formula is C12H10BrFN2O. The van der Waals surface area contributed by atoms with Gasteiger partial charge in [0.1, 0.15) is 5.82 Å². The number of benzene rings is 1. The highest BCUT2D eigenvalue weighted by Gasteiger charge is 2.17. The maximum Gasteiger partial charge on any atom is 0.252 e. The van der Waals surface area contributed by atoms with E-state index in [4.69, 9.17) is 0 Å². The zero-order chi connectivity index (χ0) is 12.0. The third-order valence-corrected chi connectivity index (χ3v) is 3.57. The Hall–Kier alpha value is -1.20. The van der Waals surface area contributed by atoms with Crippen LogP contribution < -0.4 is 10.9 Å². The molecule has 1 aromatic carbocycles. The molecule has 0 radical (unpaired) electrons. The van der Waals surface area contributed by atoms with E-state index in [0.29, 0.717) is 23.0 Å². The third kappa shape index (κ3) is 1.70. The first kappa shape index (κ1) is 10.9. The highest BCUT2D eigenvalue weighted by atomic mass is 79.9. The van der Waals surface area contributed by atoms with E-state index in [1.54, 1.807) is 0 Å². The van der Waals surface area contributed by atoms with Crippen LogP contribution in [0.1, 0.15) is 11.1 Å². The molecule has 5 heteroatoms. The Bertz CT molecular complexity index is 666. The summed E-state index contributed by atoms with van der Waals surface area (Å²) in [7, 11) is 0. The minimum Gasteiger partial charge on any atom is -0.319 e. The lowest BCUT2D eigenvalue weighted by atomic mass is 9.98. The molecule has 0 atom stereocenters. The van der Waals surface area contributed by atoms with Gasteiger partial charge in [0.15, 0.2) is 0 Å². The number of halogens is 2. The Morgan fingerprint density at radius 3 is 2.94 bits per heavy atom. The number of nitrogens with one attached hydrogen (secondary N) is 2. The molecule has 0 amide bonds. The Labute approximate surface area is 105 Å². The van der Waals surface area contributed by atoms with Crippen LogP contribution in [0.4, 0.5) is 4.39 Å². The van der Waals surface area contributed by atoms with Gasteiger partial charge in [-0.3, -0.25) is 4.79 Å². The highest BCUT2D eigenvalue weighted by Crippen LogP contribution is 2.26. The molecule has 0 fully saturated rings. The van der Waals surface area contributed by atoms with Crippen molar-refractivity contribution in [1.29, 1.82) is 0 Å². The predicted molar refractivity (Wildman–Crippen MR) is 67.6 cm³/mol. The second-order valence-electron chi connectivity index (χ2n) is 4.15. The van der Waals surface area contributed by atoms with Crippen LogP contribution in [0.25, 0.3) is 10.9 Å². The molecule has 1 aliphatic heterocycles. The molecule has 0 aliphatic carbocycles. The van der Waals surface area contributed by atoms with E-state index >= 15 is 0 Å². The zero-order valence-corrected chi connectivity index (χ0v) is 10.5. The topological polar surface area (TPSA) is 44.9 Å². The van der Waals surface area contributed by atoms with E-state index in [-0.39, 0.29) is 5.56 Å². The molecule has 2 N–H and O–H groups in total. The summed E-state index contributed by atoms with van der Waals surface area (Å²) >= 11 is 3.28. The van der Waals surface area contributed by atoms with Gasteiger partial charge < -0.3 is 10.3 Å². The Balaban J connectivity index is 2.47. The highest BCUT2D eigenvalue weighted by molar-refractivity contribution is 9.10. The van der Waals surface area contributed by atoms with E-state index < -0.39 is 5.82 Å². The lowest BCUT2D eigenvalue weighted by Gasteiger charge is -2.18. The Kier molecular flexibility index (Phi) is 2.52. The summed E-state index contributed by atoms with van der Waals surface area (Å²) in [6.45, 7) is 1.41. The van der Waals surface area contributed by atoms with Crippen molar-refractivity contribution in [2.45, 2.75) is 13.0 Å². The largest absolute Gasteiger partial charge is 0.319 e. The van der Waals surface area contributed by atoms with Gasteiger partial charge in [0, 0.05) is 22.0 Å². The van der Waals surface area contributed by atoms with Gasteiger partial charge in [-0.05, 0) is 30.7 Å². The number of hydrogen-bond donors (Lipinski definition) is 2. The Morgan fingerprint density at radius 2 is 2.12 bits per heavy atom. The zero-order valence-electron chi connectivity index (χ0n) is 8.94. The first-order valence-electron chi connectivity index (χ1n) is 5.40. The molecule has 0 saturated heterocycles. The standard InChI is InChI=1S/C12H10BrFN2O/c13-6-3-8-9-5-15-2-1-7(9)12(17)16-11(8)10(14)4-6/h3-4,15H,1-2,5H2,(H,16,17). The second kappa shape index (κ2) is 3.92. The first-order chi connectivity index (χ1) is 8.16. The quantitative estimate of drug-likeness (QED) is 0.782. The van der Waals surface area contributed by atoms with Crippen LogP contribution in [0.3, 0.4) is 0 Å². The third-order valence-electron chi connectivity index (χ3n) is 3.11. The van der Waals surface area contributed by atoms with Crippen LogP contribution in [0.15, 0.2) is 21.4 Å². The minimum atomic E-state index is -0.403. The molecule has 17 heavy (non-hydrogen) atoms. The van der Waals surface area contributed by atoms with E-state index in [1.807, 2.05) is 6.07 Å². The lowest BCUT2D eigenvalue weighted by molar-refractivity contribution is 0.628. The fourth-order valence-electron chi connectivity index (χ4n) is 2.32. The number of fused-ring (bicyclic) bond motifs is 3. The number of pyridine rings is 1. The fourth-order valence-corrected chi connectivity index (χ4v) is 2.75. The fraction of sp³-hybridized carbons (Fsp3) is 0.250. The normalized spacial score (nSPS) is 14.9. The maximum absolute atomic E-state index is 13.8. The van der Waals surface area contributed by atoms with E-state index in [0.717, 1.165) is 23.1 Å². The molecule has 1 aromatic heterocycles. The van der Waals surface area contributed by atoms with Gasteiger partial charge in [0.05, 0.1) is 5.52 Å². The van der Waals surface area contributed by atoms with Crippen LogP contribution in [0.5, 0.6) is 0 Å². The van der Waals surface area contributed by atoms with E-state index in [2.05, 4.69) is 26.2 Å². The van der Waals surface area contributed by atoms with Crippen molar-refractivity contribution in [3.05, 3.63) is 43.9 Å². The molecule has 2 aromatic rings. The van der Waals surface area contributed by atoms with Gasteiger partial charge >= 0.3 is 0 Å². The molecule has 3 nitrogen and oxygen atoms in total. The molecule has 0 unspecified atom stereocenters. The van der Waals surface area contributed by atoms with Crippen LogP contribution in [-0.4, -0.2) is 11.5 Å². The lowest BCUT2D eigenvalue weighted by Crippen LogP contribution is -2.30. The van der Waals surface area contributed by atoms with Gasteiger partial charge in [-0.2, -0.15) is 0 Å². The van der Waals surface area contributed by atoms with Crippen molar-refractivity contribution in [3.63, 3.8) is 0 Å². The van der Waals surface area contributed by atoms with Gasteiger partial charge in [-0.25, -0.2) is 4.39 Å². The molecule has 3 rings (SSSR count).